The average Bonchev–Trinajstić information content (AvgIpc) is 3.14. The van der Waals surface area contributed by atoms with Gasteiger partial charge in [-0.3, -0.25) is 19.5 Å². The van der Waals surface area contributed by atoms with Crippen molar-refractivity contribution >= 4 is 28.5 Å². The van der Waals surface area contributed by atoms with Gasteiger partial charge in [0.2, 0.25) is 5.91 Å². The standard InChI is InChI=1S/C41H49N5O5/c1-41(2,3)45-39(49)36-20-19-27-9-4-7-14-35(27)46(36)24-31-22-37(28-17-15-26(25-47)16-18-28)51-40(50-31)29-10-8-11-30(21-29)43-38(48)34-23-42-32-12-5-6-13-33(32)44-34/h5-6,8,10-13,15-18,21,23,27,31,35-37,40,47H,4,7,9,14,19-20,22,24-25H2,1-3H3,(H,43,48)(H,45,49)/t27-,31-,35-,36-,37+,40+/m1/s1. The highest BCUT2D eigenvalue weighted by molar-refractivity contribution is 6.03. The molecule has 0 bridgehead atoms. The third-order valence-corrected chi connectivity index (χ3v) is 10.4. The summed E-state index contributed by atoms with van der Waals surface area (Å²) in [6, 6.07) is 23.0. The lowest BCUT2D eigenvalue weighted by atomic mass is 9.75. The van der Waals surface area contributed by atoms with Crippen molar-refractivity contribution in [2.75, 3.05) is 11.9 Å². The molecule has 0 spiro atoms. The summed E-state index contributed by atoms with van der Waals surface area (Å²) in [4.78, 5) is 38.4. The summed E-state index contributed by atoms with van der Waals surface area (Å²) in [5.74, 6) is 0.315. The highest BCUT2D eigenvalue weighted by atomic mass is 16.7. The molecule has 10 nitrogen and oxygen atoms in total. The third-order valence-electron chi connectivity index (χ3n) is 10.4. The molecular formula is C41H49N5O5. The number of nitrogens with one attached hydrogen (secondary N) is 2. The molecule has 3 aliphatic rings. The number of hydrogen-bond donors (Lipinski definition) is 3. The van der Waals surface area contributed by atoms with E-state index in [1.165, 1.54) is 25.5 Å². The van der Waals surface area contributed by atoms with Crippen LogP contribution >= 0.6 is 0 Å². The SMILES string of the molecule is CC(C)(C)NC(=O)[C@H]1CC[C@H]2CCCC[C@H]2N1C[C@H]1C[C@@H](c2ccc(CO)cc2)O[C@@H](c2cccc(NC(=O)c3cnc4ccccc4n3)c2)O1. The Bertz CT molecular complexity index is 1840. The number of amides is 2. The number of rotatable bonds is 8. The number of nitrogens with zero attached hydrogens (tertiary/aromatic N) is 3. The van der Waals surface area contributed by atoms with Gasteiger partial charge in [0.1, 0.15) is 5.69 Å². The van der Waals surface area contributed by atoms with Gasteiger partial charge in [-0.1, -0.05) is 61.4 Å². The van der Waals surface area contributed by atoms with Crippen LogP contribution < -0.4 is 10.6 Å². The first-order valence-corrected chi connectivity index (χ1v) is 18.3. The number of aliphatic hydroxyl groups is 1. The number of carbonyl (C=O) groups is 2. The van der Waals surface area contributed by atoms with E-state index in [2.05, 4.69) is 25.5 Å². The number of benzene rings is 3. The molecule has 1 aromatic heterocycles. The van der Waals surface area contributed by atoms with Crippen molar-refractivity contribution in [1.29, 1.82) is 0 Å². The van der Waals surface area contributed by atoms with Gasteiger partial charge in [-0.2, -0.15) is 0 Å². The average molecular weight is 692 g/mol. The third kappa shape index (κ3) is 8.31. The van der Waals surface area contributed by atoms with Crippen LogP contribution in [0.2, 0.25) is 0 Å². The molecule has 2 amide bonds. The van der Waals surface area contributed by atoms with E-state index in [-0.39, 0.29) is 47.9 Å². The second-order valence-electron chi connectivity index (χ2n) is 15.3. The summed E-state index contributed by atoms with van der Waals surface area (Å²) in [5, 5.41) is 15.9. The molecule has 3 N–H and O–H groups in total. The van der Waals surface area contributed by atoms with E-state index in [1.807, 2.05) is 93.6 Å². The number of aliphatic hydroxyl groups excluding tert-OH is 1. The predicted octanol–water partition coefficient (Wildman–Crippen LogP) is 6.86. The van der Waals surface area contributed by atoms with Gasteiger partial charge in [0, 0.05) is 35.8 Å². The molecular weight excluding hydrogens is 642 g/mol. The maximum atomic E-state index is 13.8. The van der Waals surface area contributed by atoms with Gasteiger partial charge in [-0.05, 0) is 87.8 Å². The van der Waals surface area contributed by atoms with Crippen LogP contribution in [0.5, 0.6) is 0 Å². The van der Waals surface area contributed by atoms with E-state index >= 15 is 0 Å². The Labute approximate surface area is 300 Å². The topological polar surface area (TPSA) is 126 Å². The summed E-state index contributed by atoms with van der Waals surface area (Å²) in [6.45, 7) is 6.69. The first kappa shape index (κ1) is 35.2. The van der Waals surface area contributed by atoms with E-state index < -0.39 is 6.29 Å². The van der Waals surface area contributed by atoms with Crippen molar-refractivity contribution in [2.24, 2.45) is 5.92 Å². The zero-order valence-electron chi connectivity index (χ0n) is 29.8. The van der Waals surface area contributed by atoms with E-state index in [0.717, 1.165) is 41.5 Å². The lowest BCUT2D eigenvalue weighted by Gasteiger charge is -2.50. The summed E-state index contributed by atoms with van der Waals surface area (Å²) in [5.41, 5.74) is 4.48. The van der Waals surface area contributed by atoms with Crippen LogP contribution in [0.15, 0.2) is 79.0 Å². The van der Waals surface area contributed by atoms with Crippen LogP contribution in [0.4, 0.5) is 5.69 Å². The van der Waals surface area contributed by atoms with Gasteiger partial charge in [0.25, 0.3) is 5.91 Å². The smallest absolute Gasteiger partial charge is 0.275 e. The Morgan fingerprint density at radius 1 is 0.902 bits per heavy atom. The first-order valence-electron chi connectivity index (χ1n) is 18.3. The van der Waals surface area contributed by atoms with Crippen LogP contribution in [0, 0.1) is 5.92 Å². The zero-order chi connectivity index (χ0) is 35.5. The number of aromatic nitrogens is 2. The molecule has 3 aromatic carbocycles. The molecule has 1 saturated carbocycles. The Balaban J connectivity index is 1.15. The number of carbonyl (C=O) groups excluding carboxylic acids is 2. The number of piperidine rings is 1. The Morgan fingerprint density at radius 2 is 1.69 bits per heavy atom. The van der Waals surface area contributed by atoms with Crippen molar-refractivity contribution < 1.29 is 24.2 Å². The van der Waals surface area contributed by atoms with Crippen LogP contribution in [-0.4, -0.2) is 62.1 Å². The van der Waals surface area contributed by atoms with Gasteiger partial charge >= 0.3 is 0 Å². The van der Waals surface area contributed by atoms with E-state index in [0.29, 0.717) is 36.1 Å². The molecule has 2 aliphatic heterocycles. The molecule has 0 unspecified atom stereocenters. The Kier molecular flexibility index (Phi) is 10.5. The molecule has 6 atom stereocenters. The van der Waals surface area contributed by atoms with Crippen LogP contribution in [-0.2, 0) is 20.9 Å². The van der Waals surface area contributed by atoms with Gasteiger partial charge in [-0.25, -0.2) is 4.98 Å². The van der Waals surface area contributed by atoms with Gasteiger partial charge in [0.15, 0.2) is 6.29 Å². The monoisotopic (exact) mass is 691 g/mol. The number of likely N-dealkylation sites (tertiary alicyclic amines) is 1. The highest BCUT2D eigenvalue weighted by Gasteiger charge is 2.44. The fraction of sp³-hybridized carbons (Fsp3) is 0.463. The predicted molar refractivity (Wildman–Crippen MR) is 196 cm³/mol. The number of anilines is 1. The van der Waals surface area contributed by atoms with Crippen molar-refractivity contribution in [3.05, 3.63) is 101 Å². The van der Waals surface area contributed by atoms with E-state index in [4.69, 9.17) is 9.47 Å². The molecule has 3 heterocycles. The molecule has 7 rings (SSSR count). The minimum atomic E-state index is -0.711. The van der Waals surface area contributed by atoms with E-state index in [9.17, 15) is 14.7 Å². The normalized spacial score (nSPS) is 25.6. The molecule has 268 valence electrons. The van der Waals surface area contributed by atoms with Crippen molar-refractivity contribution in [1.82, 2.24) is 20.2 Å². The molecule has 10 heteroatoms. The highest BCUT2D eigenvalue weighted by Crippen LogP contribution is 2.42. The Morgan fingerprint density at radius 3 is 2.47 bits per heavy atom. The second-order valence-corrected chi connectivity index (χ2v) is 15.3. The number of para-hydroxylation sites is 2. The van der Waals surface area contributed by atoms with Crippen LogP contribution in [0.25, 0.3) is 11.0 Å². The number of ether oxygens (including phenoxy) is 2. The summed E-state index contributed by atoms with van der Waals surface area (Å²) in [6.07, 6.45) is 7.52. The molecule has 4 aromatic rings. The molecule has 3 fully saturated rings. The summed E-state index contributed by atoms with van der Waals surface area (Å²) >= 11 is 0. The fourth-order valence-electron chi connectivity index (χ4n) is 8.02. The van der Waals surface area contributed by atoms with Crippen molar-refractivity contribution in [3.8, 4) is 0 Å². The number of fused-ring (bicyclic) bond motifs is 2. The summed E-state index contributed by atoms with van der Waals surface area (Å²) in [7, 11) is 0. The molecule has 0 radical (unpaired) electrons. The van der Waals surface area contributed by atoms with Crippen LogP contribution in [0.3, 0.4) is 0 Å². The second kappa shape index (κ2) is 15.2. The first-order chi connectivity index (χ1) is 24.6. The van der Waals surface area contributed by atoms with Crippen LogP contribution in [0.1, 0.15) is 105 Å². The lowest BCUT2D eigenvalue weighted by molar-refractivity contribution is -0.255. The zero-order valence-corrected chi connectivity index (χ0v) is 29.8. The number of hydrogen-bond acceptors (Lipinski definition) is 8. The summed E-state index contributed by atoms with van der Waals surface area (Å²) < 4.78 is 13.5. The molecule has 1 aliphatic carbocycles. The van der Waals surface area contributed by atoms with Crippen molar-refractivity contribution in [3.63, 3.8) is 0 Å². The van der Waals surface area contributed by atoms with Gasteiger partial charge < -0.3 is 25.2 Å². The minimum absolute atomic E-state index is 0.0288. The Hall–Kier alpha value is -4.22. The largest absolute Gasteiger partial charge is 0.392 e. The molecule has 2 saturated heterocycles. The van der Waals surface area contributed by atoms with Gasteiger partial charge in [-0.15, -0.1) is 0 Å². The maximum Gasteiger partial charge on any atom is 0.275 e. The van der Waals surface area contributed by atoms with Crippen molar-refractivity contribution in [2.45, 2.75) is 108 Å². The fourth-order valence-corrected chi connectivity index (χ4v) is 8.02. The quantitative estimate of drug-likeness (QED) is 0.183. The van der Waals surface area contributed by atoms with Gasteiger partial charge in [0.05, 0.1) is 42.1 Å². The van der Waals surface area contributed by atoms with E-state index in [1.54, 1.807) is 0 Å². The molecule has 51 heavy (non-hydrogen) atoms. The maximum absolute atomic E-state index is 13.8. The lowest BCUT2D eigenvalue weighted by Crippen LogP contribution is -2.61. The minimum Gasteiger partial charge on any atom is -0.392 e.